The summed E-state index contributed by atoms with van der Waals surface area (Å²) in [5.74, 6) is 0.776. The first-order valence-electron chi connectivity index (χ1n) is 5.62. The molecule has 1 rings (SSSR count). The van der Waals surface area contributed by atoms with Gasteiger partial charge in [0.15, 0.2) is 0 Å². The molecule has 90 valence electrons. The van der Waals surface area contributed by atoms with Gasteiger partial charge in [0.05, 0.1) is 18.4 Å². The summed E-state index contributed by atoms with van der Waals surface area (Å²) in [6.07, 6.45) is 0.236. The van der Waals surface area contributed by atoms with E-state index in [2.05, 4.69) is 6.07 Å². The first kappa shape index (κ1) is 12.8. The minimum absolute atomic E-state index is 0.236. The minimum Gasteiger partial charge on any atom is -0.489 e. The quantitative estimate of drug-likeness (QED) is 0.616. The van der Waals surface area contributed by atoms with Crippen LogP contribution in [0.2, 0.25) is 0 Å². The van der Waals surface area contributed by atoms with E-state index in [1.807, 2.05) is 33.8 Å². The third-order valence-corrected chi connectivity index (χ3v) is 2.23. The van der Waals surface area contributed by atoms with E-state index in [9.17, 15) is 0 Å². The molecule has 0 aliphatic carbocycles. The lowest BCUT2D eigenvalue weighted by Crippen LogP contribution is -2.12. The average molecular weight is 223 g/mol. The molecule has 0 amide bonds. The minimum atomic E-state index is 0.236. The van der Waals surface area contributed by atoms with Crippen molar-refractivity contribution < 1.29 is 9.47 Å². The molecule has 0 aliphatic rings. The zero-order valence-electron chi connectivity index (χ0n) is 10.5. The van der Waals surface area contributed by atoms with Gasteiger partial charge in [0.25, 0.3) is 0 Å². The van der Waals surface area contributed by atoms with Crippen LogP contribution in [0, 0.1) is 13.8 Å². The van der Waals surface area contributed by atoms with Crippen LogP contribution in [-0.2, 0) is 4.74 Å². The molecule has 0 bridgehead atoms. The molecule has 0 unspecified atom stereocenters. The summed E-state index contributed by atoms with van der Waals surface area (Å²) in [6.45, 7) is 9.16. The van der Waals surface area contributed by atoms with Gasteiger partial charge in [0, 0.05) is 0 Å². The molecule has 0 saturated heterocycles. The van der Waals surface area contributed by atoms with E-state index < -0.39 is 0 Å². The SMILES string of the molecule is Cc1cc(C)c(OCCOC(C)C)c(N)c1. The average Bonchev–Trinajstić information content (AvgIpc) is 2.14. The van der Waals surface area contributed by atoms with Crippen molar-refractivity contribution in [3.8, 4) is 5.75 Å². The Morgan fingerprint density at radius 2 is 1.88 bits per heavy atom. The van der Waals surface area contributed by atoms with Crippen LogP contribution >= 0.6 is 0 Å². The molecule has 0 saturated carbocycles. The highest BCUT2D eigenvalue weighted by molar-refractivity contribution is 5.58. The maximum absolute atomic E-state index is 5.90. The van der Waals surface area contributed by atoms with Crippen molar-refractivity contribution in [2.75, 3.05) is 18.9 Å². The first-order valence-corrected chi connectivity index (χ1v) is 5.62. The van der Waals surface area contributed by atoms with Gasteiger partial charge in [0.1, 0.15) is 12.4 Å². The van der Waals surface area contributed by atoms with Crippen molar-refractivity contribution >= 4 is 5.69 Å². The van der Waals surface area contributed by atoms with E-state index in [4.69, 9.17) is 15.2 Å². The largest absolute Gasteiger partial charge is 0.489 e. The van der Waals surface area contributed by atoms with E-state index in [1.165, 1.54) is 0 Å². The van der Waals surface area contributed by atoms with Gasteiger partial charge in [-0.2, -0.15) is 0 Å². The third-order valence-electron chi connectivity index (χ3n) is 2.23. The van der Waals surface area contributed by atoms with Gasteiger partial charge < -0.3 is 15.2 Å². The second kappa shape index (κ2) is 5.75. The number of anilines is 1. The Hall–Kier alpha value is -1.22. The van der Waals surface area contributed by atoms with Crippen molar-refractivity contribution in [1.82, 2.24) is 0 Å². The summed E-state index contributed by atoms with van der Waals surface area (Å²) in [5.41, 5.74) is 8.82. The third kappa shape index (κ3) is 3.74. The first-order chi connectivity index (χ1) is 7.50. The molecule has 16 heavy (non-hydrogen) atoms. The molecule has 0 aliphatic heterocycles. The normalized spacial score (nSPS) is 10.8. The molecular weight excluding hydrogens is 202 g/mol. The topological polar surface area (TPSA) is 44.5 Å². The summed E-state index contributed by atoms with van der Waals surface area (Å²) in [6, 6.07) is 3.99. The number of rotatable bonds is 5. The van der Waals surface area contributed by atoms with E-state index in [0.717, 1.165) is 16.9 Å². The lowest BCUT2D eigenvalue weighted by molar-refractivity contribution is 0.0553. The van der Waals surface area contributed by atoms with Gasteiger partial charge >= 0.3 is 0 Å². The molecule has 1 aromatic rings. The lowest BCUT2D eigenvalue weighted by atomic mass is 10.1. The Morgan fingerprint density at radius 1 is 1.19 bits per heavy atom. The molecule has 3 heteroatoms. The standard InChI is InChI=1S/C13H21NO2/c1-9(2)15-5-6-16-13-11(4)7-10(3)8-12(13)14/h7-9H,5-6,14H2,1-4H3. The smallest absolute Gasteiger partial charge is 0.145 e. The van der Waals surface area contributed by atoms with Crippen LogP contribution in [0.25, 0.3) is 0 Å². The lowest BCUT2D eigenvalue weighted by Gasteiger charge is -2.13. The highest BCUT2D eigenvalue weighted by atomic mass is 16.5. The molecule has 0 spiro atoms. The molecular formula is C13H21NO2. The fourth-order valence-electron chi connectivity index (χ4n) is 1.61. The van der Waals surface area contributed by atoms with Crippen LogP contribution in [0.1, 0.15) is 25.0 Å². The van der Waals surface area contributed by atoms with Crippen LogP contribution in [-0.4, -0.2) is 19.3 Å². The highest BCUT2D eigenvalue weighted by Crippen LogP contribution is 2.27. The zero-order valence-corrected chi connectivity index (χ0v) is 10.5. The molecule has 0 heterocycles. The predicted octanol–water partition coefficient (Wildman–Crippen LogP) is 2.69. The van der Waals surface area contributed by atoms with E-state index in [1.54, 1.807) is 0 Å². The van der Waals surface area contributed by atoms with Crippen molar-refractivity contribution in [2.45, 2.75) is 33.8 Å². The summed E-state index contributed by atoms with van der Waals surface area (Å²) < 4.78 is 11.0. The summed E-state index contributed by atoms with van der Waals surface area (Å²) in [5, 5.41) is 0. The monoisotopic (exact) mass is 223 g/mol. The van der Waals surface area contributed by atoms with Gasteiger partial charge in [-0.15, -0.1) is 0 Å². The summed E-state index contributed by atoms with van der Waals surface area (Å²) >= 11 is 0. The Kier molecular flexibility index (Phi) is 4.62. The second-order valence-electron chi connectivity index (χ2n) is 4.27. The highest BCUT2D eigenvalue weighted by Gasteiger charge is 2.05. The molecule has 0 atom stereocenters. The Labute approximate surface area is 97.6 Å². The van der Waals surface area contributed by atoms with E-state index in [-0.39, 0.29) is 6.10 Å². The predicted molar refractivity (Wildman–Crippen MR) is 66.9 cm³/mol. The van der Waals surface area contributed by atoms with Gasteiger partial charge in [-0.1, -0.05) is 6.07 Å². The van der Waals surface area contributed by atoms with Crippen LogP contribution in [0.4, 0.5) is 5.69 Å². The number of benzene rings is 1. The maximum atomic E-state index is 5.90. The van der Waals surface area contributed by atoms with Crippen molar-refractivity contribution in [1.29, 1.82) is 0 Å². The zero-order chi connectivity index (χ0) is 12.1. The van der Waals surface area contributed by atoms with Crippen molar-refractivity contribution in [3.63, 3.8) is 0 Å². The van der Waals surface area contributed by atoms with E-state index >= 15 is 0 Å². The summed E-state index contributed by atoms with van der Waals surface area (Å²) in [7, 11) is 0. The number of hydrogen-bond acceptors (Lipinski definition) is 3. The number of aryl methyl sites for hydroxylation is 2. The van der Waals surface area contributed by atoms with Crippen LogP contribution in [0.3, 0.4) is 0 Å². The number of ether oxygens (including phenoxy) is 2. The fourth-order valence-corrected chi connectivity index (χ4v) is 1.61. The maximum Gasteiger partial charge on any atom is 0.145 e. The van der Waals surface area contributed by atoms with Crippen molar-refractivity contribution in [3.05, 3.63) is 23.3 Å². The molecule has 1 aromatic carbocycles. The molecule has 2 N–H and O–H groups in total. The van der Waals surface area contributed by atoms with Gasteiger partial charge in [-0.3, -0.25) is 0 Å². The van der Waals surface area contributed by atoms with Gasteiger partial charge in [-0.25, -0.2) is 0 Å². The summed E-state index contributed by atoms with van der Waals surface area (Å²) in [4.78, 5) is 0. The number of hydrogen-bond donors (Lipinski definition) is 1. The van der Waals surface area contributed by atoms with Gasteiger partial charge in [-0.05, 0) is 44.9 Å². The van der Waals surface area contributed by atoms with Crippen LogP contribution in [0.15, 0.2) is 12.1 Å². The Bertz CT molecular complexity index is 325. The van der Waals surface area contributed by atoms with Crippen molar-refractivity contribution in [2.24, 2.45) is 0 Å². The number of nitrogen functional groups attached to an aromatic ring is 1. The Morgan fingerprint density at radius 3 is 2.44 bits per heavy atom. The number of nitrogens with two attached hydrogens (primary N) is 1. The molecule has 3 nitrogen and oxygen atoms in total. The molecule has 0 fully saturated rings. The van der Waals surface area contributed by atoms with Crippen LogP contribution in [0.5, 0.6) is 5.75 Å². The second-order valence-corrected chi connectivity index (χ2v) is 4.27. The fraction of sp³-hybridized carbons (Fsp3) is 0.538. The molecule has 0 aromatic heterocycles. The molecule has 0 radical (unpaired) electrons. The Balaban J connectivity index is 2.54. The van der Waals surface area contributed by atoms with Gasteiger partial charge in [0.2, 0.25) is 0 Å². The van der Waals surface area contributed by atoms with Crippen LogP contribution < -0.4 is 10.5 Å². The van der Waals surface area contributed by atoms with E-state index in [0.29, 0.717) is 18.9 Å².